The van der Waals surface area contributed by atoms with Gasteiger partial charge in [-0.15, -0.1) is 0 Å². The molecule has 0 unspecified atom stereocenters. The number of nitrogens with zero attached hydrogens (tertiary/aromatic N) is 2. The summed E-state index contributed by atoms with van der Waals surface area (Å²) in [5.41, 5.74) is 10.2. The first-order chi connectivity index (χ1) is 13.3. The van der Waals surface area contributed by atoms with Crippen LogP contribution in [0.1, 0.15) is 11.1 Å². The van der Waals surface area contributed by atoms with Gasteiger partial charge in [-0.25, -0.2) is 9.18 Å². The summed E-state index contributed by atoms with van der Waals surface area (Å²) in [5.74, 6) is -0.885. The first-order valence-corrected chi connectivity index (χ1v) is 8.68. The number of hydrogen-bond acceptors (Lipinski definition) is 4. The third-order valence-corrected chi connectivity index (χ3v) is 4.75. The van der Waals surface area contributed by atoms with E-state index in [1.54, 1.807) is 50.5 Å². The smallest absolute Gasteiger partial charge is 0.405 e. The van der Waals surface area contributed by atoms with Crippen LogP contribution in [0.15, 0.2) is 62.7 Å². The summed E-state index contributed by atoms with van der Waals surface area (Å²) in [6.07, 6.45) is 1.72. The van der Waals surface area contributed by atoms with Crippen LogP contribution < -0.4 is 17.0 Å². The predicted octanol–water partition coefficient (Wildman–Crippen LogP) is 3.04. The fourth-order valence-electron chi connectivity index (χ4n) is 3.31. The molecule has 28 heavy (non-hydrogen) atoms. The van der Waals surface area contributed by atoms with Gasteiger partial charge in [0, 0.05) is 18.8 Å². The summed E-state index contributed by atoms with van der Waals surface area (Å²) in [5, 5.41) is 0. The maximum atomic E-state index is 13.2. The van der Waals surface area contributed by atoms with Crippen LogP contribution in [0, 0.1) is 12.7 Å². The van der Waals surface area contributed by atoms with Gasteiger partial charge in [0.15, 0.2) is 5.58 Å². The lowest BCUT2D eigenvalue weighted by atomic mass is 10.0. The van der Waals surface area contributed by atoms with Crippen molar-refractivity contribution in [2.45, 2.75) is 13.5 Å². The van der Waals surface area contributed by atoms with Crippen molar-refractivity contribution in [3.8, 4) is 11.1 Å². The van der Waals surface area contributed by atoms with E-state index < -0.39 is 5.76 Å². The van der Waals surface area contributed by atoms with Gasteiger partial charge in [-0.05, 0) is 53.9 Å². The van der Waals surface area contributed by atoms with E-state index in [4.69, 9.17) is 10.2 Å². The van der Waals surface area contributed by atoms with Gasteiger partial charge in [-0.3, -0.25) is 9.36 Å². The molecular weight excluding hydrogens is 361 g/mol. The van der Waals surface area contributed by atoms with Crippen molar-refractivity contribution in [2.24, 2.45) is 7.05 Å². The zero-order chi connectivity index (χ0) is 20.0. The van der Waals surface area contributed by atoms with Gasteiger partial charge in [-0.1, -0.05) is 12.1 Å². The molecule has 4 rings (SSSR count). The lowest BCUT2D eigenvalue weighted by molar-refractivity contribution is 0.518. The molecule has 2 aromatic carbocycles. The second-order valence-electron chi connectivity index (χ2n) is 6.82. The van der Waals surface area contributed by atoms with Crippen molar-refractivity contribution < 1.29 is 8.81 Å². The van der Waals surface area contributed by atoms with E-state index in [1.807, 2.05) is 0 Å². The molecule has 0 fully saturated rings. The maximum absolute atomic E-state index is 13.2. The summed E-state index contributed by atoms with van der Waals surface area (Å²) >= 11 is 0. The Kier molecular flexibility index (Phi) is 4.15. The van der Waals surface area contributed by atoms with Gasteiger partial charge in [0.25, 0.3) is 5.56 Å². The molecule has 7 heteroatoms. The summed E-state index contributed by atoms with van der Waals surface area (Å²) < 4.78 is 21.5. The van der Waals surface area contributed by atoms with Crippen LogP contribution in [-0.2, 0) is 13.6 Å². The average molecular weight is 379 g/mol. The topological polar surface area (TPSA) is 83.2 Å². The van der Waals surface area contributed by atoms with E-state index in [0.29, 0.717) is 22.4 Å². The van der Waals surface area contributed by atoms with Crippen LogP contribution in [0.2, 0.25) is 0 Å². The normalized spacial score (nSPS) is 11.2. The van der Waals surface area contributed by atoms with E-state index in [-0.39, 0.29) is 17.9 Å². The molecule has 6 nitrogen and oxygen atoms in total. The fourth-order valence-corrected chi connectivity index (χ4v) is 3.31. The van der Waals surface area contributed by atoms with Gasteiger partial charge in [0.1, 0.15) is 5.82 Å². The number of anilines is 1. The summed E-state index contributed by atoms with van der Waals surface area (Å²) in [6, 6.07) is 11.2. The van der Waals surface area contributed by atoms with Gasteiger partial charge < -0.3 is 14.7 Å². The van der Waals surface area contributed by atoms with Crippen LogP contribution in [-0.4, -0.2) is 9.13 Å². The van der Waals surface area contributed by atoms with Crippen molar-refractivity contribution in [3.05, 3.63) is 86.5 Å². The molecule has 0 amide bonds. The maximum Gasteiger partial charge on any atom is 0.420 e. The quantitative estimate of drug-likeness (QED) is 0.555. The number of halogens is 1. The van der Waals surface area contributed by atoms with E-state index >= 15 is 0 Å². The standard InChI is InChI=1S/C21H18FN3O3/c1-12-7-15(11-24(2)20(12)26)14-8-17(23)19-18(9-14)25(21(27)28-19)10-13-3-5-16(22)6-4-13/h3-9,11H,10,23H2,1-2H3. The van der Waals surface area contributed by atoms with Crippen molar-refractivity contribution in [1.29, 1.82) is 0 Å². The van der Waals surface area contributed by atoms with E-state index in [1.165, 1.54) is 21.3 Å². The SMILES string of the molecule is Cc1cc(-c2cc(N)c3oc(=O)n(Cc4ccc(F)cc4)c3c2)cn(C)c1=O. The molecule has 0 saturated heterocycles. The highest BCUT2D eigenvalue weighted by Crippen LogP contribution is 2.29. The average Bonchev–Trinajstić information content (AvgIpc) is 2.97. The van der Waals surface area contributed by atoms with Crippen LogP contribution in [0.5, 0.6) is 0 Å². The second kappa shape index (κ2) is 6.53. The zero-order valence-electron chi connectivity index (χ0n) is 15.4. The number of nitrogen functional groups attached to an aromatic ring is 1. The Hall–Kier alpha value is -3.61. The summed E-state index contributed by atoms with van der Waals surface area (Å²) in [4.78, 5) is 24.4. The largest absolute Gasteiger partial charge is 0.420 e. The lowest BCUT2D eigenvalue weighted by Gasteiger charge is -2.09. The van der Waals surface area contributed by atoms with Gasteiger partial charge in [0.2, 0.25) is 0 Å². The molecule has 2 N–H and O–H groups in total. The number of rotatable bonds is 3. The Morgan fingerprint density at radius 1 is 1.07 bits per heavy atom. The molecule has 2 aromatic heterocycles. The van der Waals surface area contributed by atoms with Crippen LogP contribution in [0.3, 0.4) is 0 Å². The number of benzene rings is 2. The number of oxazole rings is 1. The molecule has 0 atom stereocenters. The number of aromatic nitrogens is 2. The molecule has 142 valence electrons. The molecular formula is C21H18FN3O3. The highest BCUT2D eigenvalue weighted by atomic mass is 19.1. The highest BCUT2D eigenvalue weighted by molar-refractivity contribution is 5.90. The third kappa shape index (κ3) is 3.00. The highest BCUT2D eigenvalue weighted by Gasteiger charge is 2.15. The Balaban J connectivity index is 1.89. The molecule has 0 aliphatic rings. The molecule has 0 saturated carbocycles. The Morgan fingerprint density at radius 2 is 1.79 bits per heavy atom. The van der Waals surface area contributed by atoms with Crippen LogP contribution in [0.4, 0.5) is 10.1 Å². The van der Waals surface area contributed by atoms with E-state index in [0.717, 1.165) is 16.7 Å². The van der Waals surface area contributed by atoms with Gasteiger partial charge >= 0.3 is 5.76 Å². The number of nitrogens with two attached hydrogens (primary N) is 1. The second-order valence-corrected chi connectivity index (χ2v) is 6.82. The van der Waals surface area contributed by atoms with Gasteiger partial charge in [0.05, 0.1) is 17.7 Å². The Bertz CT molecular complexity index is 1290. The van der Waals surface area contributed by atoms with Crippen molar-refractivity contribution in [1.82, 2.24) is 9.13 Å². The van der Waals surface area contributed by atoms with Gasteiger partial charge in [-0.2, -0.15) is 0 Å². The number of pyridine rings is 1. The Labute approximate surface area is 159 Å². The minimum atomic E-state index is -0.542. The predicted molar refractivity (Wildman–Crippen MR) is 106 cm³/mol. The van der Waals surface area contributed by atoms with E-state index in [2.05, 4.69) is 0 Å². The monoisotopic (exact) mass is 379 g/mol. The first-order valence-electron chi connectivity index (χ1n) is 8.68. The molecule has 0 bridgehead atoms. The zero-order valence-corrected chi connectivity index (χ0v) is 15.4. The molecule has 0 aliphatic carbocycles. The third-order valence-electron chi connectivity index (χ3n) is 4.75. The lowest BCUT2D eigenvalue weighted by Crippen LogP contribution is -2.18. The fraction of sp³-hybridized carbons (Fsp3) is 0.143. The van der Waals surface area contributed by atoms with Crippen LogP contribution >= 0.6 is 0 Å². The Morgan fingerprint density at radius 3 is 2.46 bits per heavy atom. The first kappa shape index (κ1) is 17.8. The number of aryl methyl sites for hydroxylation is 2. The summed E-state index contributed by atoms with van der Waals surface area (Å²) in [6.45, 7) is 1.97. The molecule has 0 radical (unpaired) electrons. The van der Waals surface area contributed by atoms with Crippen LogP contribution in [0.25, 0.3) is 22.2 Å². The number of hydrogen-bond donors (Lipinski definition) is 1. The minimum Gasteiger partial charge on any atom is -0.405 e. The summed E-state index contributed by atoms with van der Waals surface area (Å²) in [7, 11) is 1.68. The number of fused-ring (bicyclic) bond motifs is 1. The van der Waals surface area contributed by atoms with E-state index in [9.17, 15) is 14.0 Å². The molecule has 2 heterocycles. The molecule has 0 spiro atoms. The van der Waals surface area contributed by atoms with Crippen molar-refractivity contribution in [2.75, 3.05) is 5.73 Å². The molecule has 4 aromatic rings. The van der Waals surface area contributed by atoms with Crippen molar-refractivity contribution in [3.63, 3.8) is 0 Å². The minimum absolute atomic E-state index is 0.0747. The van der Waals surface area contributed by atoms with Crippen molar-refractivity contribution >= 4 is 16.8 Å². The molecule has 0 aliphatic heterocycles.